The summed E-state index contributed by atoms with van der Waals surface area (Å²) in [4.78, 5) is 23.5. The molecule has 5 rings (SSSR count). The molecule has 8 nitrogen and oxygen atoms in total. The predicted octanol–water partition coefficient (Wildman–Crippen LogP) is 2.00. The van der Waals surface area contributed by atoms with Crippen LogP contribution in [0.3, 0.4) is 0 Å². The Labute approximate surface area is 177 Å². The van der Waals surface area contributed by atoms with Crippen molar-refractivity contribution in [1.82, 2.24) is 29.5 Å². The monoisotopic (exact) mass is 429 g/mol. The zero-order valence-electron chi connectivity index (χ0n) is 16.5. The van der Waals surface area contributed by atoms with Crippen molar-refractivity contribution in [3.8, 4) is 11.4 Å². The smallest absolute Gasteiger partial charge is 0.355 e. The molecule has 0 unspecified atom stereocenters. The molecule has 1 N–H and O–H groups in total. The highest BCUT2D eigenvalue weighted by Crippen LogP contribution is 2.24. The minimum atomic E-state index is -0.468. The van der Waals surface area contributed by atoms with Crippen LogP contribution in [-0.2, 0) is 7.05 Å². The van der Waals surface area contributed by atoms with Crippen molar-refractivity contribution in [1.29, 1.82) is 0 Å². The summed E-state index contributed by atoms with van der Waals surface area (Å²) in [7, 11) is 1.73. The van der Waals surface area contributed by atoms with E-state index in [1.54, 1.807) is 36.3 Å². The lowest BCUT2D eigenvalue weighted by molar-refractivity contribution is 0.484. The molecule has 0 spiro atoms. The number of benzene rings is 1. The van der Waals surface area contributed by atoms with Crippen molar-refractivity contribution in [2.45, 2.75) is 13.0 Å². The van der Waals surface area contributed by atoms with Crippen LogP contribution in [0.2, 0.25) is 0 Å². The number of hydrogen-bond donors (Lipinski definition) is 1. The van der Waals surface area contributed by atoms with Gasteiger partial charge in [0.15, 0.2) is 11.6 Å². The quantitative estimate of drug-likeness (QED) is 0.525. The summed E-state index contributed by atoms with van der Waals surface area (Å²) in [5.41, 5.74) is 1.71. The minimum Gasteiger partial charge on any atom is -0.368 e. The normalized spacial score (nSPS) is 16.8. The summed E-state index contributed by atoms with van der Waals surface area (Å²) in [6.45, 7) is 4.76. The molecule has 1 aromatic carbocycles. The Hall–Kier alpha value is -3.04. The number of nitrogens with zero attached hydrogens (tertiary/aromatic N) is 6. The number of halogens is 2. The molecule has 0 aliphatic carbocycles. The van der Waals surface area contributed by atoms with Gasteiger partial charge in [-0.25, -0.2) is 18.6 Å². The molecule has 0 saturated carbocycles. The Morgan fingerprint density at radius 1 is 1.20 bits per heavy atom. The third-order valence-electron chi connectivity index (χ3n) is 5.21. The Morgan fingerprint density at radius 2 is 2.03 bits per heavy atom. The number of fused-ring (bicyclic) bond motifs is 2. The van der Waals surface area contributed by atoms with Gasteiger partial charge in [-0.15, -0.1) is 12.4 Å². The van der Waals surface area contributed by atoms with E-state index in [2.05, 4.69) is 32.2 Å². The van der Waals surface area contributed by atoms with Crippen molar-refractivity contribution in [2.24, 2.45) is 7.05 Å². The Balaban J connectivity index is 0.00000218. The lowest BCUT2D eigenvalue weighted by Crippen LogP contribution is -2.49. The fraction of sp³-hybridized carbons (Fsp3) is 0.300. The van der Waals surface area contributed by atoms with Crippen LogP contribution in [-0.4, -0.2) is 49.8 Å². The van der Waals surface area contributed by atoms with Crippen molar-refractivity contribution in [3.63, 3.8) is 0 Å². The maximum atomic E-state index is 14.4. The summed E-state index contributed by atoms with van der Waals surface area (Å²) < 4.78 is 17.4. The summed E-state index contributed by atoms with van der Waals surface area (Å²) in [5, 5.41) is 8.14. The number of anilines is 1. The fourth-order valence-corrected chi connectivity index (χ4v) is 3.83. The van der Waals surface area contributed by atoms with E-state index < -0.39 is 11.5 Å². The van der Waals surface area contributed by atoms with Crippen LogP contribution in [0.25, 0.3) is 27.9 Å². The number of nitrogens with one attached hydrogen (secondary N) is 1. The molecule has 3 aromatic heterocycles. The molecule has 1 saturated heterocycles. The molecule has 156 valence electrons. The number of hydrogen-bond acceptors (Lipinski definition) is 6. The molecular formula is C20H21ClFN7O. The summed E-state index contributed by atoms with van der Waals surface area (Å²) in [6.07, 6.45) is 3.49. The van der Waals surface area contributed by atoms with Gasteiger partial charge < -0.3 is 10.2 Å². The second-order valence-corrected chi connectivity index (χ2v) is 7.45. The number of rotatable bonds is 2. The average molecular weight is 430 g/mol. The van der Waals surface area contributed by atoms with Crippen LogP contribution in [0.15, 0.2) is 41.5 Å². The lowest BCUT2D eigenvalue weighted by Gasteiger charge is -2.33. The zero-order valence-corrected chi connectivity index (χ0v) is 17.4. The second-order valence-electron chi connectivity index (χ2n) is 7.45. The zero-order chi connectivity index (χ0) is 20.1. The SMILES string of the molecule is C[C@H]1CN(c2ccc3nc(-c4cc(F)c5nn(C)cc5c4)nc(=O)n3c2)CCN1.Cl. The largest absolute Gasteiger partial charge is 0.368 e. The van der Waals surface area contributed by atoms with Crippen LogP contribution in [0.1, 0.15) is 6.92 Å². The molecule has 1 aliphatic rings. The van der Waals surface area contributed by atoms with E-state index >= 15 is 0 Å². The molecule has 1 atom stereocenters. The first-order chi connectivity index (χ1) is 14.0. The summed E-state index contributed by atoms with van der Waals surface area (Å²) in [6, 6.07) is 7.19. The molecule has 0 amide bonds. The van der Waals surface area contributed by atoms with Gasteiger partial charge in [0, 0.05) is 56.1 Å². The van der Waals surface area contributed by atoms with Gasteiger partial charge in [0.25, 0.3) is 0 Å². The van der Waals surface area contributed by atoms with Crippen LogP contribution < -0.4 is 15.9 Å². The van der Waals surface area contributed by atoms with Gasteiger partial charge in [0.1, 0.15) is 11.2 Å². The van der Waals surface area contributed by atoms with Crippen molar-refractivity contribution < 1.29 is 4.39 Å². The lowest BCUT2D eigenvalue weighted by atomic mass is 10.1. The van der Waals surface area contributed by atoms with E-state index in [1.807, 2.05) is 6.07 Å². The third-order valence-corrected chi connectivity index (χ3v) is 5.21. The van der Waals surface area contributed by atoms with E-state index in [4.69, 9.17) is 0 Å². The van der Waals surface area contributed by atoms with Gasteiger partial charge >= 0.3 is 5.69 Å². The highest BCUT2D eigenvalue weighted by molar-refractivity contribution is 5.85. The average Bonchev–Trinajstić information content (AvgIpc) is 3.08. The van der Waals surface area contributed by atoms with Crippen molar-refractivity contribution in [2.75, 3.05) is 24.5 Å². The summed E-state index contributed by atoms with van der Waals surface area (Å²) >= 11 is 0. The van der Waals surface area contributed by atoms with Crippen molar-refractivity contribution >= 4 is 34.6 Å². The van der Waals surface area contributed by atoms with Crippen LogP contribution >= 0.6 is 12.4 Å². The molecule has 1 fully saturated rings. The molecule has 30 heavy (non-hydrogen) atoms. The first-order valence-electron chi connectivity index (χ1n) is 9.50. The molecule has 0 radical (unpaired) electrons. The fourth-order valence-electron chi connectivity index (χ4n) is 3.83. The highest BCUT2D eigenvalue weighted by Gasteiger charge is 2.17. The van der Waals surface area contributed by atoms with Crippen LogP contribution in [0.4, 0.5) is 10.1 Å². The van der Waals surface area contributed by atoms with Crippen LogP contribution in [0, 0.1) is 5.82 Å². The van der Waals surface area contributed by atoms with E-state index in [-0.39, 0.29) is 23.7 Å². The maximum Gasteiger partial charge on any atom is 0.355 e. The summed E-state index contributed by atoms with van der Waals surface area (Å²) in [5.74, 6) is -0.270. The number of piperazine rings is 1. The van der Waals surface area contributed by atoms with Crippen LogP contribution in [0.5, 0.6) is 0 Å². The van der Waals surface area contributed by atoms with Gasteiger partial charge in [-0.1, -0.05) is 0 Å². The first-order valence-corrected chi connectivity index (χ1v) is 9.50. The molecule has 0 bridgehead atoms. The van der Waals surface area contributed by atoms with E-state index in [0.717, 1.165) is 25.3 Å². The van der Waals surface area contributed by atoms with E-state index in [9.17, 15) is 9.18 Å². The molecule has 1 aliphatic heterocycles. The standard InChI is InChI=1S/C20H20FN7O.ClH/c1-12-9-27(6-5-22-12)15-3-4-17-23-19(24-20(29)28(17)11-15)13-7-14-10-26(2)25-18(14)16(21)8-13;/h3-4,7-8,10-12,22H,5-6,9H2,1-2H3;1H/t12-;/m0./s1. The Bertz CT molecular complexity index is 1300. The third kappa shape index (κ3) is 3.50. The topological polar surface area (TPSA) is 80.4 Å². The van der Waals surface area contributed by atoms with Crippen molar-refractivity contribution in [3.05, 3.63) is 53.0 Å². The van der Waals surface area contributed by atoms with E-state index in [1.165, 1.54) is 10.5 Å². The van der Waals surface area contributed by atoms with Gasteiger partial charge in [-0.05, 0) is 31.2 Å². The molecule has 4 aromatic rings. The van der Waals surface area contributed by atoms with Gasteiger partial charge in [0.05, 0.1) is 5.69 Å². The number of aryl methyl sites for hydroxylation is 1. The molecule has 10 heteroatoms. The Kier molecular flexibility index (Phi) is 5.17. The second kappa shape index (κ2) is 7.66. The van der Waals surface area contributed by atoms with Gasteiger partial charge in [-0.2, -0.15) is 10.1 Å². The van der Waals surface area contributed by atoms with Gasteiger partial charge in [0.2, 0.25) is 0 Å². The highest BCUT2D eigenvalue weighted by atomic mass is 35.5. The first kappa shape index (κ1) is 20.2. The number of pyridine rings is 1. The van der Waals surface area contributed by atoms with Gasteiger partial charge in [-0.3, -0.25) is 4.68 Å². The maximum absolute atomic E-state index is 14.4. The predicted molar refractivity (Wildman–Crippen MR) is 116 cm³/mol. The number of aromatic nitrogens is 5. The molecule has 4 heterocycles. The Morgan fingerprint density at radius 3 is 2.83 bits per heavy atom. The molecular weight excluding hydrogens is 409 g/mol. The minimum absolute atomic E-state index is 0. The van der Waals surface area contributed by atoms with E-state index in [0.29, 0.717) is 22.6 Å².